The summed E-state index contributed by atoms with van der Waals surface area (Å²) in [6, 6.07) is 18.2. The van der Waals surface area contributed by atoms with Crippen molar-refractivity contribution in [3.05, 3.63) is 60.7 Å². The molecule has 5 heteroatoms. The van der Waals surface area contributed by atoms with Crippen LogP contribution < -0.4 is 4.90 Å². The molecule has 0 aliphatic rings. The maximum atomic E-state index is 10.00. The average molecular weight is 317 g/mol. The van der Waals surface area contributed by atoms with Crippen LogP contribution in [-0.4, -0.2) is 27.2 Å². The van der Waals surface area contributed by atoms with Crippen molar-refractivity contribution in [3.8, 4) is 11.5 Å². The van der Waals surface area contributed by atoms with Gasteiger partial charge in [-0.25, -0.2) is 9.97 Å². The zero-order valence-electron chi connectivity index (χ0n) is 13.0. The molecule has 4 aromatic rings. The second-order valence-corrected chi connectivity index (χ2v) is 5.60. The Kier molecular flexibility index (Phi) is 3.20. The molecular weight excluding hydrogens is 302 g/mol. The molecular formula is C19H15N3O2. The highest BCUT2D eigenvalue weighted by atomic mass is 16.3. The number of aromatic hydroxyl groups is 2. The molecule has 0 spiro atoms. The van der Waals surface area contributed by atoms with Crippen molar-refractivity contribution in [2.24, 2.45) is 0 Å². The summed E-state index contributed by atoms with van der Waals surface area (Å²) >= 11 is 0. The molecule has 0 unspecified atom stereocenters. The van der Waals surface area contributed by atoms with Crippen LogP contribution in [0.15, 0.2) is 60.7 Å². The minimum absolute atomic E-state index is 0.145. The molecule has 0 atom stereocenters. The topological polar surface area (TPSA) is 69.5 Å². The normalized spacial score (nSPS) is 11.0. The smallest absolute Gasteiger partial charge is 0.141 e. The van der Waals surface area contributed by atoms with Crippen molar-refractivity contribution < 1.29 is 10.2 Å². The van der Waals surface area contributed by atoms with Crippen molar-refractivity contribution in [3.63, 3.8) is 0 Å². The number of aromatic nitrogens is 2. The highest BCUT2D eigenvalue weighted by Crippen LogP contribution is 2.29. The van der Waals surface area contributed by atoms with Gasteiger partial charge in [0, 0.05) is 17.8 Å². The Morgan fingerprint density at radius 2 is 1.12 bits per heavy atom. The van der Waals surface area contributed by atoms with E-state index < -0.39 is 0 Å². The van der Waals surface area contributed by atoms with Gasteiger partial charge in [-0.05, 0) is 36.4 Å². The lowest BCUT2D eigenvalue weighted by Gasteiger charge is -2.18. The molecule has 5 nitrogen and oxygen atoms in total. The second kappa shape index (κ2) is 5.38. The van der Waals surface area contributed by atoms with E-state index in [1.807, 2.05) is 48.3 Å². The van der Waals surface area contributed by atoms with E-state index in [9.17, 15) is 10.2 Å². The Bertz CT molecular complexity index is 978. The van der Waals surface area contributed by atoms with Gasteiger partial charge in [0.25, 0.3) is 0 Å². The minimum Gasteiger partial charge on any atom is -0.506 e. The molecule has 2 heterocycles. The molecule has 4 rings (SSSR count). The highest BCUT2D eigenvalue weighted by Gasteiger charge is 2.11. The monoisotopic (exact) mass is 317 g/mol. The number of pyridine rings is 2. The molecule has 0 saturated heterocycles. The largest absolute Gasteiger partial charge is 0.506 e. The van der Waals surface area contributed by atoms with Crippen LogP contribution in [0.3, 0.4) is 0 Å². The zero-order valence-corrected chi connectivity index (χ0v) is 13.0. The van der Waals surface area contributed by atoms with Crippen LogP contribution in [0.5, 0.6) is 11.5 Å². The minimum atomic E-state index is 0.145. The van der Waals surface area contributed by atoms with Gasteiger partial charge < -0.3 is 15.1 Å². The Morgan fingerprint density at radius 3 is 1.58 bits per heavy atom. The van der Waals surface area contributed by atoms with Gasteiger partial charge >= 0.3 is 0 Å². The Hall–Kier alpha value is -3.34. The zero-order chi connectivity index (χ0) is 16.7. The standard InChI is InChI=1S/C19H15N3O2/c1-22(16-10-8-12-4-2-6-14(23)18(12)20-16)17-11-9-13-5-3-7-15(24)19(13)21-17/h2-11,23-24H,1H3. The number of phenols is 2. The van der Waals surface area contributed by atoms with E-state index in [1.54, 1.807) is 24.3 Å². The number of hydrogen-bond acceptors (Lipinski definition) is 5. The lowest BCUT2D eigenvalue weighted by Crippen LogP contribution is -2.12. The summed E-state index contributed by atoms with van der Waals surface area (Å²) < 4.78 is 0. The average Bonchev–Trinajstić information content (AvgIpc) is 2.61. The summed E-state index contributed by atoms with van der Waals surface area (Å²) in [6.07, 6.45) is 0. The molecule has 2 N–H and O–H groups in total. The summed E-state index contributed by atoms with van der Waals surface area (Å²) in [4.78, 5) is 10.9. The van der Waals surface area contributed by atoms with Gasteiger partial charge in [0.1, 0.15) is 34.2 Å². The van der Waals surface area contributed by atoms with Crippen molar-refractivity contribution in [2.45, 2.75) is 0 Å². The summed E-state index contributed by atoms with van der Waals surface area (Å²) in [7, 11) is 1.85. The van der Waals surface area contributed by atoms with Crippen LogP contribution in [0.2, 0.25) is 0 Å². The van der Waals surface area contributed by atoms with Gasteiger partial charge in [-0.2, -0.15) is 0 Å². The molecule has 0 radical (unpaired) electrons. The molecule has 118 valence electrons. The third-order valence-corrected chi connectivity index (χ3v) is 4.06. The van der Waals surface area contributed by atoms with Crippen molar-refractivity contribution in [1.82, 2.24) is 9.97 Å². The van der Waals surface area contributed by atoms with Crippen LogP contribution in [0.4, 0.5) is 11.6 Å². The molecule has 2 aromatic carbocycles. The van der Waals surface area contributed by atoms with E-state index in [4.69, 9.17) is 0 Å². The highest BCUT2D eigenvalue weighted by molar-refractivity contribution is 5.87. The van der Waals surface area contributed by atoms with Crippen LogP contribution in [0.25, 0.3) is 21.8 Å². The Balaban J connectivity index is 1.82. The van der Waals surface area contributed by atoms with E-state index in [-0.39, 0.29) is 11.5 Å². The first-order valence-corrected chi connectivity index (χ1v) is 7.55. The van der Waals surface area contributed by atoms with Gasteiger partial charge in [-0.15, -0.1) is 0 Å². The van der Waals surface area contributed by atoms with Crippen molar-refractivity contribution in [2.75, 3.05) is 11.9 Å². The molecule has 0 amide bonds. The molecule has 0 bridgehead atoms. The van der Waals surface area contributed by atoms with Crippen LogP contribution in [-0.2, 0) is 0 Å². The van der Waals surface area contributed by atoms with Crippen LogP contribution >= 0.6 is 0 Å². The lowest BCUT2D eigenvalue weighted by molar-refractivity contribution is 0.480. The van der Waals surface area contributed by atoms with E-state index in [0.29, 0.717) is 22.7 Å². The molecule has 24 heavy (non-hydrogen) atoms. The predicted molar refractivity (Wildman–Crippen MR) is 94.9 cm³/mol. The fraction of sp³-hybridized carbons (Fsp3) is 0.0526. The van der Waals surface area contributed by atoms with E-state index in [0.717, 1.165) is 10.8 Å². The lowest BCUT2D eigenvalue weighted by atomic mass is 10.2. The third kappa shape index (κ3) is 2.27. The predicted octanol–water partition coefficient (Wildman–Crippen LogP) is 3.96. The molecule has 0 aliphatic heterocycles. The SMILES string of the molecule is CN(c1ccc2cccc(O)c2n1)c1ccc2cccc(O)c2n1. The Labute approximate surface area is 138 Å². The number of anilines is 2. The number of para-hydroxylation sites is 2. The van der Waals surface area contributed by atoms with E-state index in [1.165, 1.54) is 0 Å². The summed E-state index contributed by atoms with van der Waals surface area (Å²) in [5.74, 6) is 1.61. The van der Waals surface area contributed by atoms with Gasteiger partial charge in [0.05, 0.1) is 0 Å². The molecule has 2 aromatic heterocycles. The first-order chi connectivity index (χ1) is 11.6. The summed E-state index contributed by atoms with van der Waals surface area (Å²) in [5, 5.41) is 21.7. The maximum Gasteiger partial charge on any atom is 0.141 e. The van der Waals surface area contributed by atoms with Crippen LogP contribution in [0, 0.1) is 0 Å². The number of nitrogens with zero attached hydrogens (tertiary/aromatic N) is 3. The first kappa shape index (κ1) is 14.3. The van der Waals surface area contributed by atoms with E-state index >= 15 is 0 Å². The van der Waals surface area contributed by atoms with E-state index in [2.05, 4.69) is 9.97 Å². The number of benzene rings is 2. The van der Waals surface area contributed by atoms with Crippen molar-refractivity contribution in [1.29, 1.82) is 0 Å². The van der Waals surface area contributed by atoms with Gasteiger partial charge in [-0.1, -0.05) is 24.3 Å². The second-order valence-electron chi connectivity index (χ2n) is 5.60. The summed E-state index contributed by atoms with van der Waals surface area (Å²) in [6.45, 7) is 0. The fourth-order valence-electron chi connectivity index (χ4n) is 2.73. The number of phenolic OH excluding ortho intramolecular Hbond substituents is 2. The number of rotatable bonds is 2. The van der Waals surface area contributed by atoms with Crippen molar-refractivity contribution >= 4 is 33.4 Å². The van der Waals surface area contributed by atoms with Gasteiger partial charge in [0.15, 0.2) is 0 Å². The Morgan fingerprint density at radius 1 is 0.667 bits per heavy atom. The number of fused-ring (bicyclic) bond motifs is 2. The quantitative estimate of drug-likeness (QED) is 0.585. The molecule has 0 aliphatic carbocycles. The van der Waals surface area contributed by atoms with Gasteiger partial charge in [0.2, 0.25) is 0 Å². The molecule has 0 fully saturated rings. The summed E-state index contributed by atoms with van der Waals surface area (Å²) in [5.41, 5.74) is 1.09. The fourth-order valence-corrected chi connectivity index (χ4v) is 2.73. The third-order valence-electron chi connectivity index (χ3n) is 4.06. The first-order valence-electron chi connectivity index (χ1n) is 7.55. The number of hydrogen-bond donors (Lipinski definition) is 2. The molecule has 0 saturated carbocycles. The van der Waals surface area contributed by atoms with Crippen LogP contribution in [0.1, 0.15) is 0 Å². The van der Waals surface area contributed by atoms with Gasteiger partial charge in [-0.3, -0.25) is 0 Å². The maximum absolute atomic E-state index is 10.00.